The molecule has 1 aliphatic heterocycles. The third-order valence-corrected chi connectivity index (χ3v) is 4.05. The first-order valence-electron chi connectivity index (χ1n) is 7.69. The number of nitrogens with one attached hydrogen (secondary N) is 1. The molecule has 1 aliphatic rings. The van der Waals surface area contributed by atoms with E-state index in [-0.39, 0.29) is 5.41 Å². The number of benzene rings is 1. The molecule has 1 saturated heterocycles. The lowest BCUT2D eigenvalue weighted by atomic mass is 9.81. The molecule has 0 saturated carbocycles. The van der Waals surface area contributed by atoms with Crippen molar-refractivity contribution >= 4 is 0 Å². The molecule has 1 atom stereocenters. The zero-order valence-corrected chi connectivity index (χ0v) is 13.1. The highest BCUT2D eigenvalue weighted by atomic mass is 16.5. The molecule has 1 fully saturated rings. The fourth-order valence-electron chi connectivity index (χ4n) is 2.77. The molecule has 0 radical (unpaired) electrons. The lowest BCUT2D eigenvalue weighted by Gasteiger charge is -2.38. The van der Waals surface area contributed by atoms with E-state index < -0.39 is 0 Å². The zero-order chi connectivity index (χ0) is 14.4. The quantitative estimate of drug-likeness (QED) is 0.862. The van der Waals surface area contributed by atoms with E-state index in [0.717, 1.165) is 39.4 Å². The van der Waals surface area contributed by atoms with Crippen LogP contribution in [0.5, 0.6) is 0 Å². The summed E-state index contributed by atoms with van der Waals surface area (Å²) < 4.78 is 5.46. The Morgan fingerprint density at radius 3 is 2.45 bits per heavy atom. The molecule has 20 heavy (non-hydrogen) atoms. The van der Waals surface area contributed by atoms with Crippen LogP contribution in [0.4, 0.5) is 0 Å². The van der Waals surface area contributed by atoms with Crippen LogP contribution in [0.3, 0.4) is 0 Å². The first-order valence-corrected chi connectivity index (χ1v) is 7.69. The van der Waals surface area contributed by atoms with Gasteiger partial charge in [0.1, 0.15) is 0 Å². The minimum absolute atomic E-state index is 0.142. The Morgan fingerprint density at radius 2 is 1.85 bits per heavy atom. The van der Waals surface area contributed by atoms with Crippen molar-refractivity contribution < 1.29 is 4.74 Å². The van der Waals surface area contributed by atoms with E-state index in [2.05, 4.69) is 61.3 Å². The molecule has 1 unspecified atom stereocenters. The Hall–Kier alpha value is -0.900. The second-order valence-electron chi connectivity index (χ2n) is 6.35. The predicted molar refractivity (Wildman–Crippen MR) is 84.2 cm³/mol. The monoisotopic (exact) mass is 276 g/mol. The molecule has 3 nitrogen and oxygen atoms in total. The maximum atomic E-state index is 5.46. The van der Waals surface area contributed by atoms with Gasteiger partial charge >= 0.3 is 0 Å². The summed E-state index contributed by atoms with van der Waals surface area (Å²) in [6, 6.07) is 11.4. The zero-order valence-electron chi connectivity index (χ0n) is 13.1. The molecule has 2 rings (SSSR count). The van der Waals surface area contributed by atoms with E-state index >= 15 is 0 Å². The molecule has 0 aliphatic carbocycles. The fraction of sp³-hybridized carbons (Fsp3) is 0.647. The average molecular weight is 276 g/mol. The van der Waals surface area contributed by atoms with Gasteiger partial charge < -0.3 is 10.1 Å². The highest BCUT2D eigenvalue weighted by molar-refractivity contribution is 5.25. The van der Waals surface area contributed by atoms with E-state index in [9.17, 15) is 0 Å². The minimum atomic E-state index is 0.142. The van der Waals surface area contributed by atoms with Crippen LogP contribution in [0.15, 0.2) is 30.3 Å². The van der Waals surface area contributed by atoms with Crippen molar-refractivity contribution in [1.82, 2.24) is 10.2 Å². The van der Waals surface area contributed by atoms with Gasteiger partial charge in [-0.15, -0.1) is 0 Å². The summed E-state index contributed by atoms with van der Waals surface area (Å²) in [5.74, 6) is 0. The Labute approximate surface area is 123 Å². The first-order chi connectivity index (χ1) is 9.60. The average Bonchev–Trinajstić information content (AvgIpc) is 2.47. The third-order valence-electron chi connectivity index (χ3n) is 4.05. The summed E-state index contributed by atoms with van der Waals surface area (Å²) in [6.45, 7) is 12.7. The van der Waals surface area contributed by atoms with Crippen molar-refractivity contribution in [2.45, 2.75) is 32.2 Å². The van der Waals surface area contributed by atoms with Crippen LogP contribution >= 0.6 is 0 Å². The number of hydrogen-bond donors (Lipinski definition) is 1. The standard InChI is InChI=1S/C17H28N2O/c1-15(2)18-13-17(3,16-7-5-4-6-8-16)14-19-9-11-20-12-10-19/h4-8,15,18H,9-14H2,1-3H3. The second kappa shape index (κ2) is 7.21. The smallest absolute Gasteiger partial charge is 0.0594 e. The number of ether oxygens (including phenoxy) is 1. The summed E-state index contributed by atoms with van der Waals surface area (Å²) in [4.78, 5) is 2.53. The van der Waals surface area contributed by atoms with Crippen molar-refractivity contribution in [2.24, 2.45) is 0 Å². The van der Waals surface area contributed by atoms with Crippen LogP contribution < -0.4 is 5.32 Å². The molecule has 0 aromatic heterocycles. The molecule has 112 valence electrons. The predicted octanol–water partition coefficient (Wildman–Crippen LogP) is 2.27. The van der Waals surface area contributed by atoms with Gasteiger partial charge in [-0.1, -0.05) is 51.1 Å². The van der Waals surface area contributed by atoms with Gasteiger partial charge in [-0.2, -0.15) is 0 Å². The van der Waals surface area contributed by atoms with Crippen LogP contribution in [-0.2, 0) is 10.2 Å². The van der Waals surface area contributed by atoms with Gasteiger partial charge in [0.25, 0.3) is 0 Å². The molecular formula is C17H28N2O. The Kier molecular flexibility index (Phi) is 5.58. The normalized spacial score (nSPS) is 20.0. The maximum Gasteiger partial charge on any atom is 0.0594 e. The molecular weight excluding hydrogens is 248 g/mol. The van der Waals surface area contributed by atoms with Crippen molar-refractivity contribution in [3.8, 4) is 0 Å². The Balaban J connectivity index is 2.10. The topological polar surface area (TPSA) is 24.5 Å². The summed E-state index contributed by atoms with van der Waals surface area (Å²) in [7, 11) is 0. The number of morpholine rings is 1. The van der Waals surface area contributed by atoms with Crippen LogP contribution in [-0.4, -0.2) is 50.3 Å². The lowest BCUT2D eigenvalue weighted by molar-refractivity contribution is 0.0279. The first kappa shape index (κ1) is 15.5. The van der Waals surface area contributed by atoms with Gasteiger partial charge in [0, 0.05) is 37.6 Å². The largest absolute Gasteiger partial charge is 0.379 e. The summed E-state index contributed by atoms with van der Waals surface area (Å²) in [5.41, 5.74) is 1.56. The molecule has 0 spiro atoms. The number of rotatable bonds is 6. The Morgan fingerprint density at radius 1 is 1.20 bits per heavy atom. The highest BCUT2D eigenvalue weighted by Gasteiger charge is 2.29. The van der Waals surface area contributed by atoms with Crippen LogP contribution in [0.25, 0.3) is 0 Å². The van der Waals surface area contributed by atoms with E-state index in [1.54, 1.807) is 0 Å². The molecule has 1 aromatic carbocycles. The van der Waals surface area contributed by atoms with Gasteiger partial charge in [0.2, 0.25) is 0 Å². The van der Waals surface area contributed by atoms with Gasteiger partial charge in [-0.25, -0.2) is 0 Å². The van der Waals surface area contributed by atoms with E-state index in [0.29, 0.717) is 6.04 Å². The van der Waals surface area contributed by atoms with Gasteiger partial charge in [0.05, 0.1) is 13.2 Å². The molecule has 3 heteroatoms. The second-order valence-corrected chi connectivity index (χ2v) is 6.35. The van der Waals surface area contributed by atoms with E-state index in [1.807, 2.05) is 0 Å². The number of hydrogen-bond acceptors (Lipinski definition) is 3. The van der Waals surface area contributed by atoms with Crippen molar-refractivity contribution in [2.75, 3.05) is 39.4 Å². The van der Waals surface area contributed by atoms with Crippen LogP contribution in [0, 0.1) is 0 Å². The maximum absolute atomic E-state index is 5.46. The molecule has 0 amide bonds. The van der Waals surface area contributed by atoms with Crippen LogP contribution in [0.1, 0.15) is 26.3 Å². The van der Waals surface area contributed by atoms with E-state index in [4.69, 9.17) is 4.74 Å². The van der Waals surface area contributed by atoms with Gasteiger partial charge in [-0.3, -0.25) is 4.90 Å². The Bertz CT molecular complexity index is 387. The molecule has 1 aromatic rings. The fourth-order valence-corrected chi connectivity index (χ4v) is 2.77. The summed E-state index contributed by atoms with van der Waals surface area (Å²) in [6.07, 6.45) is 0. The SMILES string of the molecule is CC(C)NCC(C)(CN1CCOCC1)c1ccccc1. The van der Waals surface area contributed by atoms with Gasteiger partial charge in [-0.05, 0) is 5.56 Å². The van der Waals surface area contributed by atoms with Crippen LogP contribution in [0.2, 0.25) is 0 Å². The highest BCUT2D eigenvalue weighted by Crippen LogP contribution is 2.25. The summed E-state index contributed by atoms with van der Waals surface area (Å²) in [5, 5.41) is 3.62. The van der Waals surface area contributed by atoms with E-state index in [1.165, 1.54) is 5.56 Å². The third kappa shape index (κ3) is 4.30. The molecule has 0 bridgehead atoms. The van der Waals surface area contributed by atoms with Crippen molar-refractivity contribution in [3.05, 3.63) is 35.9 Å². The number of nitrogens with zero attached hydrogens (tertiary/aromatic N) is 1. The minimum Gasteiger partial charge on any atom is -0.379 e. The molecule has 1 N–H and O–H groups in total. The van der Waals surface area contributed by atoms with Gasteiger partial charge in [0.15, 0.2) is 0 Å². The lowest BCUT2D eigenvalue weighted by Crippen LogP contribution is -2.49. The summed E-state index contributed by atoms with van der Waals surface area (Å²) >= 11 is 0. The van der Waals surface area contributed by atoms with Crippen molar-refractivity contribution in [1.29, 1.82) is 0 Å². The van der Waals surface area contributed by atoms with Crippen molar-refractivity contribution in [3.63, 3.8) is 0 Å². The molecule has 1 heterocycles.